The van der Waals surface area contributed by atoms with Crippen LogP contribution in [0.2, 0.25) is 0 Å². The number of morpholine rings is 1. The number of benzene rings is 2. The minimum Gasteiger partial charge on any atom is -0.379 e. The highest BCUT2D eigenvalue weighted by Gasteiger charge is 2.25. The van der Waals surface area contributed by atoms with Crippen LogP contribution in [-0.2, 0) is 4.74 Å². The summed E-state index contributed by atoms with van der Waals surface area (Å²) in [6.45, 7) is 4.64. The van der Waals surface area contributed by atoms with Gasteiger partial charge in [0, 0.05) is 26.2 Å². The van der Waals surface area contributed by atoms with Gasteiger partial charge < -0.3 is 4.74 Å². The number of hydrogen-bond acceptors (Lipinski definition) is 7. The number of rotatable bonds is 5. The largest absolute Gasteiger partial charge is 0.379 e. The summed E-state index contributed by atoms with van der Waals surface area (Å²) < 4.78 is 7.54. The zero-order valence-corrected chi connectivity index (χ0v) is 17.4. The molecule has 1 amide bonds. The number of nitrogens with zero attached hydrogens (tertiary/aromatic N) is 4. The maximum absolute atomic E-state index is 13.5. The maximum Gasteiger partial charge on any atom is 0.289 e. The molecule has 1 aliphatic rings. The van der Waals surface area contributed by atoms with Crippen LogP contribution in [0.4, 0.5) is 5.13 Å². The van der Waals surface area contributed by atoms with Crippen molar-refractivity contribution in [3.63, 3.8) is 0 Å². The molecule has 0 radical (unpaired) electrons. The van der Waals surface area contributed by atoms with Crippen LogP contribution in [0.3, 0.4) is 0 Å². The van der Waals surface area contributed by atoms with Crippen molar-refractivity contribution in [3.8, 4) is 0 Å². The highest BCUT2D eigenvalue weighted by atomic mass is 32.1. The summed E-state index contributed by atoms with van der Waals surface area (Å²) in [4.78, 5) is 26.9. The van der Waals surface area contributed by atoms with Gasteiger partial charge >= 0.3 is 0 Å². The third-order valence-corrected chi connectivity index (χ3v) is 7.06. The number of fused-ring (bicyclic) bond motifs is 2. The van der Waals surface area contributed by atoms with Crippen molar-refractivity contribution in [1.29, 1.82) is 0 Å². The fraction of sp³-hybridized carbons (Fsp3) is 0.286. The first-order valence-corrected chi connectivity index (χ1v) is 11.2. The Morgan fingerprint density at radius 1 is 0.966 bits per heavy atom. The van der Waals surface area contributed by atoms with Crippen LogP contribution < -0.4 is 4.90 Å². The third kappa shape index (κ3) is 3.89. The second kappa shape index (κ2) is 8.16. The second-order valence-corrected chi connectivity index (χ2v) is 8.90. The van der Waals surface area contributed by atoms with Crippen molar-refractivity contribution in [2.75, 3.05) is 44.3 Å². The first-order chi connectivity index (χ1) is 14.3. The van der Waals surface area contributed by atoms with Gasteiger partial charge in [0.1, 0.15) is 0 Å². The molecule has 1 saturated heterocycles. The van der Waals surface area contributed by atoms with E-state index in [4.69, 9.17) is 9.72 Å². The van der Waals surface area contributed by atoms with Gasteiger partial charge in [0.2, 0.25) is 0 Å². The predicted molar refractivity (Wildman–Crippen MR) is 118 cm³/mol. The fourth-order valence-electron chi connectivity index (χ4n) is 3.40. The average Bonchev–Trinajstić information content (AvgIpc) is 3.38. The Bertz CT molecular complexity index is 1080. The Kier molecular flexibility index (Phi) is 5.24. The molecule has 29 heavy (non-hydrogen) atoms. The molecule has 0 spiro atoms. The summed E-state index contributed by atoms with van der Waals surface area (Å²) in [5.74, 6) is -0.0847. The van der Waals surface area contributed by atoms with Gasteiger partial charge in [-0.05, 0) is 24.3 Å². The van der Waals surface area contributed by atoms with E-state index in [0.29, 0.717) is 11.6 Å². The molecule has 2 aromatic heterocycles. The average molecular weight is 425 g/mol. The SMILES string of the molecule is O=C(c1nc2ccccc2s1)N(CCN1CCOCC1)c1nc2ccccc2s1. The standard InChI is InChI=1S/C21H20N4O2S2/c26-20(19-22-15-5-1-3-7-17(15)28-19)25(10-9-24-11-13-27-14-12-24)21-23-16-6-2-4-8-18(16)29-21/h1-8H,9-14H2. The van der Waals surface area contributed by atoms with E-state index in [2.05, 4.69) is 9.88 Å². The fourth-order valence-corrected chi connectivity index (χ4v) is 5.31. The van der Waals surface area contributed by atoms with Crippen molar-refractivity contribution in [3.05, 3.63) is 53.5 Å². The number of thiazole rings is 2. The van der Waals surface area contributed by atoms with Crippen molar-refractivity contribution in [2.24, 2.45) is 0 Å². The molecule has 4 aromatic rings. The van der Waals surface area contributed by atoms with Gasteiger partial charge in [-0.3, -0.25) is 14.6 Å². The Hall–Kier alpha value is -2.39. The van der Waals surface area contributed by atoms with E-state index < -0.39 is 0 Å². The molecule has 8 heteroatoms. The molecule has 0 atom stereocenters. The summed E-state index contributed by atoms with van der Waals surface area (Å²) in [5, 5.41) is 1.23. The van der Waals surface area contributed by atoms with Crippen molar-refractivity contribution >= 4 is 54.1 Å². The van der Waals surface area contributed by atoms with Gasteiger partial charge in [0.05, 0.1) is 33.6 Å². The van der Waals surface area contributed by atoms with E-state index in [1.54, 1.807) is 16.2 Å². The first-order valence-electron chi connectivity index (χ1n) is 9.61. The van der Waals surface area contributed by atoms with E-state index in [1.807, 2.05) is 48.5 Å². The number of ether oxygens (including phenoxy) is 1. The molecule has 0 N–H and O–H groups in total. The van der Waals surface area contributed by atoms with Gasteiger partial charge in [-0.15, -0.1) is 11.3 Å². The normalized spacial score (nSPS) is 15.2. The lowest BCUT2D eigenvalue weighted by Crippen LogP contribution is -2.43. The smallest absolute Gasteiger partial charge is 0.289 e. The number of carbonyl (C=O) groups excluding carboxylic acids is 1. The van der Waals surface area contributed by atoms with Gasteiger partial charge in [0.25, 0.3) is 5.91 Å². The minimum absolute atomic E-state index is 0.0847. The molecule has 0 unspecified atom stereocenters. The van der Waals surface area contributed by atoms with Crippen LogP contribution in [0, 0.1) is 0 Å². The van der Waals surface area contributed by atoms with E-state index >= 15 is 0 Å². The summed E-state index contributed by atoms with van der Waals surface area (Å²) in [5.41, 5.74) is 1.78. The van der Waals surface area contributed by atoms with Gasteiger partial charge in [-0.2, -0.15) is 0 Å². The van der Waals surface area contributed by atoms with E-state index in [1.165, 1.54) is 11.3 Å². The Morgan fingerprint density at radius 3 is 2.31 bits per heavy atom. The molecule has 6 nitrogen and oxygen atoms in total. The van der Waals surface area contributed by atoms with Crippen LogP contribution in [-0.4, -0.2) is 60.2 Å². The second-order valence-electron chi connectivity index (χ2n) is 6.86. The maximum atomic E-state index is 13.5. The van der Waals surface area contributed by atoms with Crippen LogP contribution in [0.1, 0.15) is 9.80 Å². The third-order valence-electron chi connectivity index (χ3n) is 4.98. The van der Waals surface area contributed by atoms with E-state index in [9.17, 15) is 4.79 Å². The molecule has 5 rings (SSSR count). The Labute approximate surface area is 176 Å². The molecule has 0 aliphatic carbocycles. The van der Waals surface area contributed by atoms with Crippen molar-refractivity contribution in [2.45, 2.75) is 0 Å². The number of anilines is 1. The monoisotopic (exact) mass is 424 g/mol. The molecular weight excluding hydrogens is 404 g/mol. The van der Waals surface area contributed by atoms with E-state index in [0.717, 1.165) is 58.4 Å². The number of amides is 1. The zero-order valence-electron chi connectivity index (χ0n) is 15.8. The van der Waals surface area contributed by atoms with Crippen LogP contribution in [0.15, 0.2) is 48.5 Å². The van der Waals surface area contributed by atoms with E-state index in [-0.39, 0.29) is 5.91 Å². The Morgan fingerprint density at radius 2 is 1.62 bits per heavy atom. The zero-order chi connectivity index (χ0) is 19.6. The predicted octanol–water partition coefficient (Wildman–Crippen LogP) is 3.89. The lowest BCUT2D eigenvalue weighted by molar-refractivity contribution is 0.0391. The lowest BCUT2D eigenvalue weighted by Gasteiger charge is -2.28. The molecule has 2 aromatic carbocycles. The van der Waals surface area contributed by atoms with Crippen LogP contribution in [0.25, 0.3) is 20.4 Å². The number of para-hydroxylation sites is 2. The topological polar surface area (TPSA) is 58.6 Å². The lowest BCUT2D eigenvalue weighted by atomic mass is 10.3. The first kappa shape index (κ1) is 18.6. The molecule has 148 valence electrons. The van der Waals surface area contributed by atoms with Crippen molar-refractivity contribution in [1.82, 2.24) is 14.9 Å². The molecule has 3 heterocycles. The highest BCUT2D eigenvalue weighted by molar-refractivity contribution is 7.22. The van der Waals surface area contributed by atoms with Gasteiger partial charge in [-0.25, -0.2) is 9.97 Å². The van der Waals surface area contributed by atoms with Crippen LogP contribution in [0.5, 0.6) is 0 Å². The number of carbonyl (C=O) groups is 1. The molecular formula is C21H20N4O2S2. The minimum atomic E-state index is -0.0847. The van der Waals surface area contributed by atoms with Gasteiger partial charge in [-0.1, -0.05) is 35.6 Å². The summed E-state index contributed by atoms with van der Waals surface area (Å²) in [6, 6.07) is 15.9. The van der Waals surface area contributed by atoms with Crippen molar-refractivity contribution < 1.29 is 9.53 Å². The molecule has 1 aliphatic heterocycles. The van der Waals surface area contributed by atoms with Gasteiger partial charge in [0.15, 0.2) is 10.1 Å². The highest BCUT2D eigenvalue weighted by Crippen LogP contribution is 2.31. The number of hydrogen-bond donors (Lipinski definition) is 0. The molecule has 0 saturated carbocycles. The quantitative estimate of drug-likeness (QED) is 0.487. The Balaban J connectivity index is 1.46. The summed E-state index contributed by atoms with van der Waals surface area (Å²) in [6.07, 6.45) is 0. The summed E-state index contributed by atoms with van der Waals surface area (Å²) in [7, 11) is 0. The van der Waals surface area contributed by atoms with Crippen LogP contribution >= 0.6 is 22.7 Å². The molecule has 1 fully saturated rings. The summed E-state index contributed by atoms with van der Waals surface area (Å²) >= 11 is 2.99. The number of aromatic nitrogens is 2. The molecule has 0 bridgehead atoms.